The van der Waals surface area contributed by atoms with E-state index in [-0.39, 0.29) is 6.10 Å². The minimum Gasteiger partial charge on any atom is -0.496 e. The van der Waals surface area contributed by atoms with Crippen LogP contribution in [-0.2, 0) is 11.3 Å². The van der Waals surface area contributed by atoms with Crippen molar-refractivity contribution in [2.75, 3.05) is 20.3 Å². The predicted molar refractivity (Wildman–Crippen MR) is 78.1 cm³/mol. The first-order valence-electron chi connectivity index (χ1n) is 6.90. The van der Waals surface area contributed by atoms with Gasteiger partial charge >= 0.3 is 7.12 Å². The van der Waals surface area contributed by atoms with Crippen LogP contribution in [0.3, 0.4) is 0 Å². The van der Waals surface area contributed by atoms with Crippen LogP contribution in [0, 0.1) is 0 Å². The Morgan fingerprint density at radius 1 is 1.40 bits per heavy atom. The van der Waals surface area contributed by atoms with Gasteiger partial charge in [-0.1, -0.05) is 12.1 Å². The average molecular weight is 279 g/mol. The SMILES string of the molecule is COc1ccc(B(O)O)cc1CN1CC(C)OCC1C. The highest BCUT2D eigenvalue weighted by Gasteiger charge is 2.24. The van der Waals surface area contributed by atoms with Gasteiger partial charge in [0.05, 0.1) is 19.8 Å². The van der Waals surface area contributed by atoms with Crippen LogP contribution in [0.15, 0.2) is 18.2 Å². The van der Waals surface area contributed by atoms with Crippen molar-refractivity contribution >= 4 is 12.6 Å². The molecule has 20 heavy (non-hydrogen) atoms. The summed E-state index contributed by atoms with van der Waals surface area (Å²) in [5.74, 6) is 0.765. The van der Waals surface area contributed by atoms with Gasteiger partial charge < -0.3 is 19.5 Å². The molecule has 1 aliphatic heterocycles. The fourth-order valence-corrected chi connectivity index (χ4v) is 2.49. The van der Waals surface area contributed by atoms with E-state index in [9.17, 15) is 10.0 Å². The van der Waals surface area contributed by atoms with E-state index < -0.39 is 7.12 Å². The van der Waals surface area contributed by atoms with Gasteiger partial charge in [-0.3, -0.25) is 4.90 Å². The molecule has 1 aromatic rings. The number of methoxy groups -OCH3 is 1. The Kier molecular flexibility index (Phi) is 5.04. The largest absolute Gasteiger partial charge is 0.496 e. The average Bonchev–Trinajstić information content (AvgIpc) is 2.42. The summed E-state index contributed by atoms with van der Waals surface area (Å²) in [6.07, 6.45) is 0.212. The highest BCUT2D eigenvalue weighted by molar-refractivity contribution is 6.58. The van der Waals surface area contributed by atoms with E-state index in [2.05, 4.69) is 18.7 Å². The maximum atomic E-state index is 9.29. The first kappa shape index (κ1) is 15.3. The second kappa shape index (κ2) is 6.58. The second-order valence-corrected chi connectivity index (χ2v) is 5.37. The standard InChI is InChI=1S/C14H22BNO4/c1-10-9-20-11(2)7-16(10)8-12-6-13(15(17)18)4-5-14(12)19-3/h4-6,10-11,17-18H,7-9H2,1-3H3. The molecule has 0 spiro atoms. The summed E-state index contributed by atoms with van der Waals surface area (Å²) in [4.78, 5) is 2.32. The van der Waals surface area contributed by atoms with Gasteiger partial charge in [-0.25, -0.2) is 0 Å². The van der Waals surface area contributed by atoms with Gasteiger partial charge in [0.15, 0.2) is 0 Å². The minimum atomic E-state index is -1.46. The lowest BCUT2D eigenvalue weighted by Crippen LogP contribution is -2.46. The van der Waals surface area contributed by atoms with E-state index in [1.54, 1.807) is 25.3 Å². The summed E-state index contributed by atoms with van der Waals surface area (Å²) in [5.41, 5.74) is 1.44. The van der Waals surface area contributed by atoms with Gasteiger partial charge in [0.25, 0.3) is 0 Å². The van der Waals surface area contributed by atoms with Crippen LogP contribution in [0.5, 0.6) is 5.75 Å². The molecule has 110 valence electrons. The van der Waals surface area contributed by atoms with Crippen molar-refractivity contribution in [3.05, 3.63) is 23.8 Å². The zero-order valence-electron chi connectivity index (χ0n) is 12.2. The molecule has 1 aromatic carbocycles. The third kappa shape index (κ3) is 3.52. The van der Waals surface area contributed by atoms with Crippen molar-refractivity contribution in [2.45, 2.75) is 32.5 Å². The molecule has 0 amide bonds. The Balaban J connectivity index is 2.20. The fraction of sp³-hybridized carbons (Fsp3) is 0.571. The zero-order chi connectivity index (χ0) is 14.7. The van der Waals surface area contributed by atoms with E-state index in [1.807, 2.05) is 0 Å². The molecule has 1 saturated heterocycles. The number of morpholine rings is 1. The quantitative estimate of drug-likeness (QED) is 0.759. The molecule has 2 N–H and O–H groups in total. The lowest BCUT2D eigenvalue weighted by atomic mass is 9.79. The second-order valence-electron chi connectivity index (χ2n) is 5.37. The molecule has 6 heteroatoms. The molecule has 0 radical (unpaired) electrons. The summed E-state index contributed by atoms with van der Waals surface area (Å²) >= 11 is 0. The highest BCUT2D eigenvalue weighted by atomic mass is 16.5. The van der Waals surface area contributed by atoms with E-state index in [0.29, 0.717) is 24.7 Å². The molecule has 1 aliphatic rings. The van der Waals surface area contributed by atoms with E-state index in [0.717, 1.165) is 17.9 Å². The van der Waals surface area contributed by atoms with E-state index in [4.69, 9.17) is 9.47 Å². The van der Waals surface area contributed by atoms with Gasteiger partial charge in [-0.2, -0.15) is 0 Å². The van der Waals surface area contributed by atoms with Crippen molar-refractivity contribution in [3.8, 4) is 5.75 Å². The number of nitrogens with zero attached hydrogens (tertiary/aromatic N) is 1. The Bertz CT molecular complexity index is 455. The number of rotatable bonds is 4. The van der Waals surface area contributed by atoms with Crippen LogP contribution in [-0.4, -0.2) is 54.5 Å². The monoisotopic (exact) mass is 279 g/mol. The lowest BCUT2D eigenvalue weighted by Gasteiger charge is -2.37. The maximum Gasteiger partial charge on any atom is 0.488 e. The van der Waals surface area contributed by atoms with Crippen molar-refractivity contribution in [3.63, 3.8) is 0 Å². The summed E-state index contributed by atoms with van der Waals surface area (Å²) in [7, 11) is 0.167. The number of benzene rings is 1. The van der Waals surface area contributed by atoms with Crippen LogP contribution >= 0.6 is 0 Å². The predicted octanol–water partition coefficient (Wildman–Crippen LogP) is -0.0158. The van der Waals surface area contributed by atoms with Gasteiger partial charge in [0.2, 0.25) is 0 Å². The van der Waals surface area contributed by atoms with E-state index >= 15 is 0 Å². The lowest BCUT2D eigenvalue weighted by molar-refractivity contribution is -0.0528. The van der Waals surface area contributed by atoms with Crippen molar-refractivity contribution in [1.82, 2.24) is 4.90 Å². The summed E-state index contributed by atoms with van der Waals surface area (Å²) in [5, 5.41) is 18.6. The highest BCUT2D eigenvalue weighted by Crippen LogP contribution is 2.22. The molecule has 0 saturated carbocycles. The smallest absolute Gasteiger partial charge is 0.488 e. The number of ether oxygens (including phenoxy) is 2. The molecule has 2 atom stereocenters. The molecule has 1 heterocycles. The van der Waals surface area contributed by atoms with Crippen LogP contribution < -0.4 is 10.2 Å². The first-order valence-corrected chi connectivity index (χ1v) is 6.90. The third-order valence-electron chi connectivity index (χ3n) is 3.71. The zero-order valence-corrected chi connectivity index (χ0v) is 12.2. The fourth-order valence-electron chi connectivity index (χ4n) is 2.49. The molecule has 0 aromatic heterocycles. The van der Waals surface area contributed by atoms with Crippen LogP contribution in [0.1, 0.15) is 19.4 Å². The Labute approximate surface area is 120 Å². The molecule has 2 unspecified atom stereocenters. The molecular weight excluding hydrogens is 257 g/mol. The van der Waals surface area contributed by atoms with E-state index in [1.165, 1.54) is 0 Å². The van der Waals surface area contributed by atoms with Crippen LogP contribution in [0.2, 0.25) is 0 Å². The first-order chi connectivity index (χ1) is 9.51. The van der Waals surface area contributed by atoms with Crippen molar-refractivity contribution in [2.24, 2.45) is 0 Å². The molecule has 2 rings (SSSR count). The van der Waals surface area contributed by atoms with Gasteiger partial charge in [0.1, 0.15) is 5.75 Å². The summed E-state index contributed by atoms with van der Waals surface area (Å²) in [6, 6.07) is 5.56. The molecular formula is C14H22BNO4. The van der Waals surface area contributed by atoms with Gasteiger partial charge in [-0.15, -0.1) is 0 Å². The number of hydrogen-bond donors (Lipinski definition) is 2. The van der Waals surface area contributed by atoms with Crippen LogP contribution in [0.4, 0.5) is 0 Å². The van der Waals surface area contributed by atoms with Crippen molar-refractivity contribution in [1.29, 1.82) is 0 Å². The van der Waals surface area contributed by atoms with Crippen molar-refractivity contribution < 1.29 is 19.5 Å². The topological polar surface area (TPSA) is 62.2 Å². The Morgan fingerprint density at radius 2 is 2.15 bits per heavy atom. The maximum absolute atomic E-state index is 9.29. The third-order valence-corrected chi connectivity index (χ3v) is 3.71. The normalized spacial score (nSPS) is 23.6. The van der Waals surface area contributed by atoms with Crippen LogP contribution in [0.25, 0.3) is 0 Å². The molecule has 0 aliphatic carbocycles. The molecule has 1 fully saturated rings. The Morgan fingerprint density at radius 3 is 2.80 bits per heavy atom. The number of hydrogen-bond acceptors (Lipinski definition) is 5. The van der Waals surface area contributed by atoms with Gasteiger partial charge in [0, 0.05) is 24.7 Å². The Hall–Kier alpha value is -1.08. The molecule has 5 nitrogen and oxygen atoms in total. The summed E-state index contributed by atoms with van der Waals surface area (Å²) < 4.78 is 11.0. The summed E-state index contributed by atoms with van der Waals surface area (Å²) in [6.45, 7) is 6.47. The molecule has 0 bridgehead atoms. The van der Waals surface area contributed by atoms with Gasteiger partial charge in [-0.05, 0) is 25.4 Å². The minimum absolute atomic E-state index is 0.212.